The number of nitrogen functional groups attached to an aromatic ring is 2. The summed E-state index contributed by atoms with van der Waals surface area (Å²) in [4.78, 5) is 0. The van der Waals surface area contributed by atoms with Crippen molar-refractivity contribution in [3.05, 3.63) is 112 Å². The average molecular weight is 386 g/mol. The molecule has 0 bridgehead atoms. The van der Waals surface area contributed by atoms with Crippen LogP contribution in [-0.2, 0) is 5.41 Å². The third-order valence-electron chi connectivity index (χ3n) is 6.10. The molecule has 5 rings (SSSR count). The minimum atomic E-state index is -0.827. The van der Waals surface area contributed by atoms with E-state index < -0.39 is 17.0 Å². The Balaban J connectivity index is 1.93. The number of rotatable bonds is 2. The van der Waals surface area contributed by atoms with Crippen LogP contribution in [0.15, 0.2) is 78.4 Å². The average Bonchev–Trinajstić information content (AvgIpc) is 3.04. The maximum atomic E-state index is 14.6. The van der Waals surface area contributed by atoms with E-state index in [-0.39, 0.29) is 11.4 Å². The van der Waals surface area contributed by atoms with Gasteiger partial charge < -0.3 is 11.5 Å². The number of fused-ring (bicyclic) bond motifs is 2. The largest absolute Gasteiger partial charge is 0.396 e. The standard InChI is InChI=1S/C25H20F2N2/c26-21-13-15(9-11-23(21)28)25(16-10-12-24(29)22(27)14-16)19-7-3-1-5-17(19)18-6-2-4-8-20(18)25/h1,3-5,7-14H,2,6,28-29H2. The molecule has 0 atom stereocenters. The Kier molecular flexibility index (Phi) is 3.85. The van der Waals surface area contributed by atoms with Gasteiger partial charge in [-0.25, -0.2) is 8.78 Å². The Morgan fingerprint density at radius 1 is 0.793 bits per heavy atom. The number of halogens is 2. The molecule has 0 saturated heterocycles. The first-order valence-corrected chi connectivity index (χ1v) is 9.64. The van der Waals surface area contributed by atoms with Crippen LogP contribution < -0.4 is 11.5 Å². The van der Waals surface area contributed by atoms with Crippen molar-refractivity contribution in [1.82, 2.24) is 0 Å². The van der Waals surface area contributed by atoms with Crippen molar-refractivity contribution in [2.24, 2.45) is 0 Å². The zero-order valence-corrected chi connectivity index (χ0v) is 15.8. The fourth-order valence-corrected chi connectivity index (χ4v) is 4.82. The normalized spacial score (nSPS) is 16.6. The predicted octanol–water partition coefficient (Wildman–Crippen LogP) is 5.58. The van der Waals surface area contributed by atoms with E-state index in [1.807, 2.05) is 30.3 Å². The van der Waals surface area contributed by atoms with Gasteiger partial charge >= 0.3 is 0 Å². The summed E-state index contributed by atoms with van der Waals surface area (Å²) >= 11 is 0. The molecule has 2 nitrogen and oxygen atoms in total. The summed E-state index contributed by atoms with van der Waals surface area (Å²) in [5, 5.41) is 0. The second-order valence-corrected chi connectivity index (χ2v) is 7.60. The Labute approximate surface area is 168 Å². The van der Waals surface area contributed by atoms with E-state index in [0.29, 0.717) is 0 Å². The van der Waals surface area contributed by atoms with Gasteiger partial charge in [-0.15, -0.1) is 0 Å². The van der Waals surface area contributed by atoms with Gasteiger partial charge in [-0.1, -0.05) is 48.6 Å². The molecule has 0 unspecified atom stereocenters. The van der Waals surface area contributed by atoms with Gasteiger partial charge in [-0.2, -0.15) is 0 Å². The van der Waals surface area contributed by atoms with E-state index >= 15 is 0 Å². The highest BCUT2D eigenvalue weighted by molar-refractivity contribution is 5.88. The van der Waals surface area contributed by atoms with Crippen LogP contribution in [-0.4, -0.2) is 0 Å². The lowest BCUT2D eigenvalue weighted by atomic mass is 9.66. The molecule has 29 heavy (non-hydrogen) atoms. The molecule has 4 heteroatoms. The lowest BCUT2D eigenvalue weighted by Crippen LogP contribution is -2.30. The minimum absolute atomic E-state index is 0.0899. The number of nitrogens with two attached hydrogens (primary N) is 2. The zero-order valence-electron chi connectivity index (χ0n) is 15.8. The third kappa shape index (κ3) is 2.38. The molecule has 0 aliphatic heterocycles. The van der Waals surface area contributed by atoms with Crippen LogP contribution in [0.5, 0.6) is 0 Å². The highest BCUT2D eigenvalue weighted by atomic mass is 19.1. The summed E-state index contributed by atoms with van der Waals surface area (Å²) in [5.41, 5.74) is 16.7. The highest BCUT2D eigenvalue weighted by Gasteiger charge is 2.47. The van der Waals surface area contributed by atoms with E-state index in [1.54, 1.807) is 12.1 Å². The molecule has 0 spiro atoms. The lowest BCUT2D eigenvalue weighted by Gasteiger charge is -2.35. The van der Waals surface area contributed by atoms with Gasteiger partial charge in [0.15, 0.2) is 0 Å². The Bertz CT molecular complexity index is 1160. The van der Waals surface area contributed by atoms with Gasteiger partial charge in [0.25, 0.3) is 0 Å². The van der Waals surface area contributed by atoms with E-state index in [0.717, 1.165) is 40.7 Å². The van der Waals surface area contributed by atoms with Crippen LogP contribution in [0.4, 0.5) is 20.2 Å². The number of allylic oxidation sites excluding steroid dienone is 4. The number of benzene rings is 3. The van der Waals surface area contributed by atoms with Crippen molar-refractivity contribution >= 4 is 16.9 Å². The first kappa shape index (κ1) is 17.7. The molecule has 3 aromatic carbocycles. The molecule has 0 saturated carbocycles. The second kappa shape index (κ2) is 6.31. The summed E-state index contributed by atoms with van der Waals surface area (Å²) in [6, 6.07) is 17.9. The quantitative estimate of drug-likeness (QED) is 0.565. The van der Waals surface area contributed by atoms with Crippen LogP contribution in [0.2, 0.25) is 0 Å². The van der Waals surface area contributed by atoms with Gasteiger partial charge in [-0.05, 0) is 70.5 Å². The predicted molar refractivity (Wildman–Crippen MR) is 113 cm³/mol. The molecule has 0 aromatic heterocycles. The van der Waals surface area contributed by atoms with Crippen molar-refractivity contribution in [3.63, 3.8) is 0 Å². The topological polar surface area (TPSA) is 52.0 Å². The summed E-state index contributed by atoms with van der Waals surface area (Å²) < 4.78 is 29.2. The smallest absolute Gasteiger partial charge is 0.146 e. The molecule has 3 aromatic rings. The minimum Gasteiger partial charge on any atom is -0.396 e. The van der Waals surface area contributed by atoms with E-state index in [1.165, 1.54) is 17.7 Å². The van der Waals surface area contributed by atoms with Crippen molar-refractivity contribution in [1.29, 1.82) is 0 Å². The summed E-state index contributed by atoms with van der Waals surface area (Å²) in [6.45, 7) is 0. The Morgan fingerprint density at radius 2 is 1.41 bits per heavy atom. The number of anilines is 2. The summed E-state index contributed by atoms with van der Waals surface area (Å²) in [7, 11) is 0. The summed E-state index contributed by atoms with van der Waals surface area (Å²) in [5.74, 6) is -0.965. The van der Waals surface area contributed by atoms with Gasteiger partial charge in [0.05, 0.1) is 16.8 Å². The van der Waals surface area contributed by atoms with Crippen molar-refractivity contribution < 1.29 is 8.78 Å². The van der Waals surface area contributed by atoms with Crippen LogP contribution in [0.25, 0.3) is 5.57 Å². The number of hydrogen-bond acceptors (Lipinski definition) is 2. The van der Waals surface area contributed by atoms with Crippen molar-refractivity contribution in [2.75, 3.05) is 11.5 Å². The molecule has 0 fully saturated rings. The van der Waals surface area contributed by atoms with Gasteiger partial charge in [-0.3, -0.25) is 0 Å². The van der Waals surface area contributed by atoms with Crippen LogP contribution in [0, 0.1) is 11.6 Å². The molecule has 144 valence electrons. The molecular weight excluding hydrogens is 366 g/mol. The maximum Gasteiger partial charge on any atom is 0.146 e. The molecule has 4 N–H and O–H groups in total. The highest BCUT2D eigenvalue weighted by Crippen LogP contribution is 2.57. The molecule has 0 radical (unpaired) electrons. The van der Waals surface area contributed by atoms with Crippen LogP contribution in [0.1, 0.15) is 35.1 Å². The van der Waals surface area contributed by atoms with E-state index in [2.05, 4.69) is 18.2 Å². The van der Waals surface area contributed by atoms with Crippen LogP contribution in [0.3, 0.4) is 0 Å². The van der Waals surface area contributed by atoms with E-state index in [9.17, 15) is 8.78 Å². The van der Waals surface area contributed by atoms with E-state index in [4.69, 9.17) is 11.5 Å². The monoisotopic (exact) mass is 386 g/mol. The fourth-order valence-electron chi connectivity index (χ4n) is 4.82. The zero-order chi connectivity index (χ0) is 20.2. The van der Waals surface area contributed by atoms with Crippen molar-refractivity contribution in [3.8, 4) is 0 Å². The summed E-state index contributed by atoms with van der Waals surface area (Å²) in [6.07, 6.45) is 6.05. The molecule has 2 aliphatic rings. The first-order valence-electron chi connectivity index (χ1n) is 9.64. The molecule has 2 aliphatic carbocycles. The lowest BCUT2D eigenvalue weighted by molar-refractivity contribution is 0.617. The SMILES string of the molecule is Nc1ccc(C2(c3ccc(N)c(F)c3)C3=C(CCC=C3)c3ccccc32)cc1F. The fraction of sp³-hybridized carbons (Fsp3) is 0.120. The van der Waals surface area contributed by atoms with Crippen LogP contribution >= 0.6 is 0 Å². The Hall–Kier alpha value is -3.40. The Morgan fingerprint density at radius 3 is 2.03 bits per heavy atom. The second-order valence-electron chi connectivity index (χ2n) is 7.60. The van der Waals surface area contributed by atoms with Crippen molar-refractivity contribution in [2.45, 2.75) is 18.3 Å². The molecule has 0 amide bonds. The maximum absolute atomic E-state index is 14.6. The molecule has 0 heterocycles. The van der Waals surface area contributed by atoms with Gasteiger partial charge in [0, 0.05) is 0 Å². The first-order chi connectivity index (χ1) is 14.0. The third-order valence-corrected chi connectivity index (χ3v) is 6.10. The molecular formula is C25H20F2N2. The van der Waals surface area contributed by atoms with Gasteiger partial charge in [0.1, 0.15) is 11.6 Å². The number of hydrogen-bond donors (Lipinski definition) is 2. The van der Waals surface area contributed by atoms with Gasteiger partial charge in [0.2, 0.25) is 0 Å².